The lowest BCUT2D eigenvalue weighted by molar-refractivity contribution is -0.123. The zero-order valence-electron chi connectivity index (χ0n) is 7.60. The minimum atomic E-state index is -0.0686. The van der Waals surface area contributed by atoms with Gasteiger partial charge in [0.2, 0.25) is 5.91 Å². The minimum absolute atomic E-state index is 0.0612. The Morgan fingerprint density at radius 2 is 2.33 bits per heavy atom. The van der Waals surface area contributed by atoms with Crippen LogP contribution in [0.15, 0.2) is 0 Å². The fourth-order valence-corrected chi connectivity index (χ4v) is 1.25. The second-order valence-corrected chi connectivity index (χ2v) is 3.99. The van der Waals surface area contributed by atoms with Crippen molar-refractivity contribution in [3.63, 3.8) is 0 Å². The maximum Gasteiger partial charge on any atom is 0.224 e. The predicted molar refractivity (Wildman–Crippen MR) is 55.9 cm³/mol. The first kappa shape index (κ1) is 12.1. The van der Waals surface area contributed by atoms with E-state index in [0.717, 1.165) is 18.7 Å². The average molecular weight is 210 g/mol. The van der Waals surface area contributed by atoms with E-state index in [4.69, 9.17) is 11.6 Å². The van der Waals surface area contributed by atoms with Gasteiger partial charge in [0.05, 0.1) is 0 Å². The average Bonchev–Trinajstić information content (AvgIpc) is 2.10. The van der Waals surface area contributed by atoms with Gasteiger partial charge in [-0.15, -0.1) is 11.6 Å². The molecule has 0 heterocycles. The Bertz CT molecular complexity index is 132. The molecule has 0 aliphatic heterocycles. The highest BCUT2D eigenvalue weighted by atomic mass is 35.5. The Morgan fingerprint density at radius 1 is 1.67 bits per heavy atom. The number of alkyl halides is 1. The molecule has 0 saturated carbocycles. The number of nitrogens with one attached hydrogen (secondary N) is 1. The fraction of sp³-hybridized carbons (Fsp3) is 0.875. The smallest absolute Gasteiger partial charge is 0.224 e. The van der Waals surface area contributed by atoms with E-state index in [2.05, 4.69) is 11.6 Å². The number of halogens is 1. The topological polar surface area (TPSA) is 29.1 Å². The van der Waals surface area contributed by atoms with Crippen LogP contribution in [0.2, 0.25) is 0 Å². The Kier molecular flexibility index (Phi) is 7.81. The quantitative estimate of drug-likeness (QED) is 0.533. The van der Waals surface area contributed by atoms with Gasteiger partial charge in [-0.3, -0.25) is 4.79 Å². The largest absolute Gasteiger partial charge is 0.356 e. The highest BCUT2D eigenvalue weighted by Gasteiger charge is 2.09. The molecule has 0 bridgehead atoms. The molecular formula is C8H16ClNOS. The van der Waals surface area contributed by atoms with Gasteiger partial charge < -0.3 is 5.32 Å². The van der Waals surface area contributed by atoms with Crippen molar-refractivity contribution in [1.29, 1.82) is 0 Å². The lowest BCUT2D eigenvalue weighted by atomic mass is 10.2. The Morgan fingerprint density at radius 3 is 2.83 bits per heavy atom. The van der Waals surface area contributed by atoms with Gasteiger partial charge >= 0.3 is 0 Å². The second kappa shape index (κ2) is 7.74. The van der Waals surface area contributed by atoms with Crippen molar-refractivity contribution in [3.8, 4) is 0 Å². The van der Waals surface area contributed by atoms with Crippen molar-refractivity contribution in [2.24, 2.45) is 5.92 Å². The number of hydrogen-bond acceptors (Lipinski definition) is 2. The molecule has 72 valence electrons. The molecular weight excluding hydrogens is 194 g/mol. The van der Waals surface area contributed by atoms with E-state index in [0.29, 0.717) is 5.88 Å². The first-order valence-corrected chi connectivity index (χ1v) is 5.97. The molecule has 0 fully saturated rings. The molecule has 12 heavy (non-hydrogen) atoms. The summed E-state index contributed by atoms with van der Waals surface area (Å²) in [6, 6.07) is 0. The third-order valence-electron chi connectivity index (χ3n) is 1.50. The third-order valence-corrected chi connectivity index (χ3v) is 2.66. The van der Waals surface area contributed by atoms with Crippen LogP contribution in [-0.2, 0) is 4.79 Å². The van der Waals surface area contributed by atoms with Crippen LogP contribution in [-0.4, -0.2) is 30.3 Å². The van der Waals surface area contributed by atoms with E-state index in [1.54, 1.807) is 11.8 Å². The van der Waals surface area contributed by atoms with Crippen molar-refractivity contribution < 1.29 is 4.79 Å². The molecule has 0 saturated heterocycles. The van der Waals surface area contributed by atoms with Crippen LogP contribution in [0, 0.1) is 5.92 Å². The van der Waals surface area contributed by atoms with Crippen LogP contribution in [0.1, 0.15) is 13.3 Å². The molecule has 0 spiro atoms. The normalized spacial score (nSPS) is 12.6. The van der Waals surface area contributed by atoms with Gasteiger partial charge in [-0.1, -0.05) is 6.92 Å². The van der Waals surface area contributed by atoms with Crippen LogP contribution in [0.25, 0.3) is 0 Å². The summed E-state index contributed by atoms with van der Waals surface area (Å²) in [4.78, 5) is 11.1. The van der Waals surface area contributed by atoms with Crippen molar-refractivity contribution in [3.05, 3.63) is 0 Å². The summed E-state index contributed by atoms with van der Waals surface area (Å²) < 4.78 is 0. The standard InChI is InChI=1S/C8H16ClNOS/c1-7(6-9)8(11)10-4-3-5-12-2/h7H,3-6H2,1-2H3,(H,10,11). The van der Waals surface area contributed by atoms with E-state index in [-0.39, 0.29) is 11.8 Å². The lowest BCUT2D eigenvalue weighted by Gasteiger charge is -2.08. The maximum atomic E-state index is 11.1. The summed E-state index contributed by atoms with van der Waals surface area (Å²) in [5.41, 5.74) is 0. The van der Waals surface area contributed by atoms with Crippen LogP contribution in [0.4, 0.5) is 0 Å². The van der Waals surface area contributed by atoms with Crippen LogP contribution in [0.5, 0.6) is 0 Å². The van der Waals surface area contributed by atoms with Gasteiger partial charge in [0, 0.05) is 18.3 Å². The molecule has 0 aromatic rings. The zero-order valence-corrected chi connectivity index (χ0v) is 9.17. The maximum absolute atomic E-state index is 11.1. The van der Waals surface area contributed by atoms with Crippen LogP contribution < -0.4 is 5.32 Å². The van der Waals surface area contributed by atoms with Gasteiger partial charge in [-0.25, -0.2) is 0 Å². The molecule has 1 unspecified atom stereocenters. The Balaban J connectivity index is 3.31. The highest BCUT2D eigenvalue weighted by molar-refractivity contribution is 7.98. The molecule has 0 rings (SSSR count). The number of carbonyl (C=O) groups excluding carboxylic acids is 1. The van der Waals surface area contributed by atoms with Crippen molar-refractivity contribution >= 4 is 29.3 Å². The Labute approximate surface area is 83.4 Å². The first-order chi connectivity index (χ1) is 5.72. The first-order valence-electron chi connectivity index (χ1n) is 4.05. The molecule has 0 aliphatic carbocycles. The molecule has 0 aliphatic rings. The summed E-state index contributed by atoms with van der Waals surface area (Å²) in [6.45, 7) is 2.60. The number of carbonyl (C=O) groups is 1. The number of thioether (sulfide) groups is 1. The zero-order chi connectivity index (χ0) is 9.40. The fourth-order valence-electron chi connectivity index (χ4n) is 0.672. The summed E-state index contributed by atoms with van der Waals surface area (Å²) in [5, 5.41) is 2.83. The van der Waals surface area contributed by atoms with Crippen molar-refractivity contribution in [2.75, 3.05) is 24.4 Å². The summed E-state index contributed by atoms with van der Waals surface area (Å²) in [5.74, 6) is 1.48. The molecule has 1 atom stereocenters. The molecule has 4 heteroatoms. The van der Waals surface area contributed by atoms with E-state index >= 15 is 0 Å². The van der Waals surface area contributed by atoms with E-state index in [1.807, 2.05) is 6.92 Å². The third kappa shape index (κ3) is 5.72. The number of rotatable bonds is 6. The molecule has 0 radical (unpaired) electrons. The van der Waals surface area contributed by atoms with Gasteiger partial charge in [-0.2, -0.15) is 11.8 Å². The lowest BCUT2D eigenvalue weighted by Crippen LogP contribution is -2.30. The molecule has 2 nitrogen and oxygen atoms in total. The molecule has 1 amide bonds. The molecule has 0 aromatic heterocycles. The summed E-state index contributed by atoms with van der Waals surface area (Å²) in [7, 11) is 0. The van der Waals surface area contributed by atoms with Gasteiger partial charge in [0.25, 0.3) is 0 Å². The van der Waals surface area contributed by atoms with E-state index in [9.17, 15) is 4.79 Å². The van der Waals surface area contributed by atoms with Crippen LogP contribution in [0.3, 0.4) is 0 Å². The van der Waals surface area contributed by atoms with E-state index in [1.165, 1.54) is 0 Å². The summed E-state index contributed by atoms with van der Waals surface area (Å²) >= 11 is 7.31. The second-order valence-electron chi connectivity index (χ2n) is 2.69. The van der Waals surface area contributed by atoms with E-state index < -0.39 is 0 Å². The molecule has 1 N–H and O–H groups in total. The minimum Gasteiger partial charge on any atom is -0.356 e. The van der Waals surface area contributed by atoms with Gasteiger partial charge in [0.15, 0.2) is 0 Å². The Hall–Kier alpha value is 0.110. The van der Waals surface area contributed by atoms with Gasteiger partial charge in [0.1, 0.15) is 0 Å². The molecule has 0 aromatic carbocycles. The number of hydrogen-bond donors (Lipinski definition) is 1. The van der Waals surface area contributed by atoms with Gasteiger partial charge in [-0.05, 0) is 18.4 Å². The monoisotopic (exact) mass is 209 g/mol. The highest BCUT2D eigenvalue weighted by Crippen LogP contribution is 1.98. The predicted octanol–water partition coefficient (Wildman–Crippen LogP) is 1.73. The SMILES string of the molecule is CSCCCNC(=O)C(C)CCl. The van der Waals surface area contributed by atoms with Crippen LogP contribution >= 0.6 is 23.4 Å². The summed E-state index contributed by atoms with van der Waals surface area (Å²) in [6.07, 6.45) is 3.09. The number of amides is 1. The van der Waals surface area contributed by atoms with Crippen molar-refractivity contribution in [1.82, 2.24) is 5.32 Å². The van der Waals surface area contributed by atoms with Crippen molar-refractivity contribution in [2.45, 2.75) is 13.3 Å².